The first kappa shape index (κ1) is 18.0. The fraction of sp³-hybridized carbons (Fsp3) is 0.375. The molecule has 124 valence electrons. The van der Waals surface area contributed by atoms with Crippen LogP contribution in [0.4, 0.5) is 0 Å². The average molecular weight is 371 g/mol. The second-order valence-corrected chi connectivity index (χ2v) is 7.15. The van der Waals surface area contributed by atoms with Gasteiger partial charge in [0.15, 0.2) is 5.96 Å². The van der Waals surface area contributed by atoms with Gasteiger partial charge in [-0.25, -0.2) is 4.98 Å². The average Bonchev–Trinajstić information content (AvgIpc) is 2.87. The van der Waals surface area contributed by atoms with Gasteiger partial charge in [0.25, 0.3) is 0 Å². The van der Waals surface area contributed by atoms with Gasteiger partial charge in [0.2, 0.25) is 0 Å². The molecule has 1 N–H and O–H groups in total. The maximum absolute atomic E-state index is 6.02. The molecule has 0 amide bonds. The third kappa shape index (κ3) is 5.68. The molecule has 1 heterocycles. The molecule has 23 heavy (non-hydrogen) atoms. The Morgan fingerprint density at radius 1 is 1.30 bits per heavy atom. The van der Waals surface area contributed by atoms with Gasteiger partial charge in [-0.3, -0.25) is 4.99 Å². The summed E-state index contributed by atoms with van der Waals surface area (Å²) in [6.45, 7) is 3.49. The van der Waals surface area contributed by atoms with Crippen molar-refractivity contribution in [1.29, 1.82) is 0 Å². The summed E-state index contributed by atoms with van der Waals surface area (Å²) in [4.78, 5) is 10.8. The molecule has 1 aromatic heterocycles. The lowest BCUT2D eigenvalue weighted by molar-refractivity contribution is 0.471. The van der Waals surface area contributed by atoms with Crippen molar-refractivity contribution >= 4 is 40.5 Å². The largest absolute Gasteiger partial charge is 0.356 e. The van der Waals surface area contributed by atoms with Crippen molar-refractivity contribution in [2.24, 2.45) is 4.99 Å². The van der Waals surface area contributed by atoms with Crippen molar-refractivity contribution < 1.29 is 0 Å². The summed E-state index contributed by atoms with van der Waals surface area (Å²) in [5, 5.41) is 7.82. The number of aromatic nitrogens is 1. The van der Waals surface area contributed by atoms with Crippen molar-refractivity contribution in [2.75, 3.05) is 20.6 Å². The van der Waals surface area contributed by atoms with Gasteiger partial charge in [-0.05, 0) is 37.1 Å². The van der Waals surface area contributed by atoms with Crippen LogP contribution in [0.1, 0.15) is 16.3 Å². The minimum atomic E-state index is 0.660. The number of aryl methyl sites for hydroxylation is 1. The van der Waals surface area contributed by atoms with E-state index in [1.54, 1.807) is 24.5 Å². The standard InChI is InChI=1S/C16H20Cl2N4S/c1-11-21-15(10-23-11)9-22(3)16(19-2)20-5-4-12-6-13(17)8-14(18)7-12/h6-8,10H,4-5,9H2,1-3H3,(H,19,20). The lowest BCUT2D eigenvalue weighted by Crippen LogP contribution is -2.39. The van der Waals surface area contributed by atoms with E-state index in [9.17, 15) is 0 Å². The highest BCUT2D eigenvalue weighted by Gasteiger charge is 2.08. The molecule has 0 aliphatic carbocycles. The zero-order valence-electron chi connectivity index (χ0n) is 13.4. The van der Waals surface area contributed by atoms with Crippen LogP contribution in [0, 0.1) is 6.92 Å². The normalized spacial score (nSPS) is 11.6. The van der Waals surface area contributed by atoms with Crippen molar-refractivity contribution in [3.8, 4) is 0 Å². The zero-order chi connectivity index (χ0) is 16.8. The molecule has 0 bridgehead atoms. The molecule has 0 saturated carbocycles. The van der Waals surface area contributed by atoms with Gasteiger partial charge < -0.3 is 10.2 Å². The van der Waals surface area contributed by atoms with E-state index in [0.717, 1.165) is 41.7 Å². The highest BCUT2D eigenvalue weighted by atomic mass is 35.5. The lowest BCUT2D eigenvalue weighted by Gasteiger charge is -2.21. The van der Waals surface area contributed by atoms with Gasteiger partial charge in [0.1, 0.15) is 0 Å². The van der Waals surface area contributed by atoms with Gasteiger partial charge in [-0.15, -0.1) is 11.3 Å². The first-order valence-electron chi connectivity index (χ1n) is 7.25. The molecular weight excluding hydrogens is 351 g/mol. The van der Waals surface area contributed by atoms with Gasteiger partial charge in [0.05, 0.1) is 17.2 Å². The Kier molecular flexibility index (Phi) is 6.69. The van der Waals surface area contributed by atoms with E-state index in [2.05, 4.69) is 25.6 Å². The van der Waals surface area contributed by atoms with E-state index < -0.39 is 0 Å². The highest BCUT2D eigenvalue weighted by Crippen LogP contribution is 2.19. The topological polar surface area (TPSA) is 40.5 Å². The number of rotatable bonds is 5. The van der Waals surface area contributed by atoms with Crippen LogP contribution in [-0.2, 0) is 13.0 Å². The molecule has 0 fully saturated rings. The van der Waals surface area contributed by atoms with Gasteiger partial charge in [0, 0.05) is 36.1 Å². The van der Waals surface area contributed by atoms with Crippen molar-refractivity contribution in [2.45, 2.75) is 19.9 Å². The van der Waals surface area contributed by atoms with Gasteiger partial charge in [-0.1, -0.05) is 23.2 Å². The predicted octanol–water partition coefficient (Wildman–Crippen LogP) is 4.01. The van der Waals surface area contributed by atoms with Crippen LogP contribution in [0.15, 0.2) is 28.6 Å². The van der Waals surface area contributed by atoms with Gasteiger partial charge >= 0.3 is 0 Å². The Labute approximate surface area is 151 Å². The van der Waals surface area contributed by atoms with Gasteiger partial charge in [-0.2, -0.15) is 0 Å². The molecule has 0 radical (unpaired) electrons. The molecule has 2 rings (SSSR count). The molecule has 1 aromatic carbocycles. The molecule has 4 nitrogen and oxygen atoms in total. The minimum Gasteiger partial charge on any atom is -0.356 e. The fourth-order valence-corrected chi connectivity index (χ4v) is 3.43. The molecule has 0 atom stereocenters. The molecule has 0 saturated heterocycles. The summed E-state index contributed by atoms with van der Waals surface area (Å²) >= 11 is 13.7. The number of thiazole rings is 1. The van der Waals surface area contributed by atoms with E-state index in [1.807, 2.05) is 26.1 Å². The summed E-state index contributed by atoms with van der Waals surface area (Å²) in [6.07, 6.45) is 0.822. The number of benzene rings is 1. The summed E-state index contributed by atoms with van der Waals surface area (Å²) in [6, 6.07) is 5.60. The molecular formula is C16H20Cl2N4S. The van der Waals surface area contributed by atoms with Crippen LogP contribution in [0.25, 0.3) is 0 Å². The summed E-state index contributed by atoms with van der Waals surface area (Å²) < 4.78 is 0. The van der Waals surface area contributed by atoms with Crippen molar-refractivity contribution in [3.05, 3.63) is 49.9 Å². The fourth-order valence-electron chi connectivity index (χ4n) is 2.26. The first-order valence-corrected chi connectivity index (χ1v) is 8.89. The number of halogens is 2. The summed E-state index contributed by atoms with van der Waals surface area (Å²) in [7, 11) is 3.78. The lowest BCUT2D eigenvalue weighted by atomic mass is 10.1. The monoisotopic (exact) mass is 370 g/mol. The molecule has 7 heteroatoms. The third-order valence-corrected chi connectivity index (χ3v) is 4.52. The van der Waals surface area contributed by atoms with Crippen LogP contribution in [0.2, 0.25) is 10.0 Å². The molecule has 0 aliphatic heterocycles. The SMILES string of the molecule is CN=C(NCCc1cc(Cl)cc(Cl)c1)N(C)Cc1csc(C)n1. The molecule has 0 spiro atoms. The third-order valence-electron chi connectivity index (χ3n) is 3.26. The second-order valence-electron chi connectivity index (χ2n) is 5.22. The maximum Gasteiger partial charge on any atom is 0.193 e. The number of hydrogen-bond donors (Lipinski definition) is 1. The molecule has 0 aliphatic rings. The van der Waals surface area contributed by atoms with Crippen molar-refractivity contribution in [1.82, 2.24) is 15.2 Å². The molecule has 0 unspecified atom stereocenters. The number of hydrogen-bond acceptors (Lipinski definition) is 3. The minimum absolute atomic E-state index is 0.660. The second kappa shape index (κ2) is 8.52. The van der Waals surface area contributed by atoms with E-state index >= 15 is 0 Å². The van der Waals surface area contributed by atoms with Crippen LogP contribution in [0.5, 0.6) is 0 Å². The summed E-state index contributed by atoms with van der Waals surface area (Å²) in [5.74, 6) is 0.837. The zero-order valence-corrected chi connectivity index (χ0v) is 15.8. The van der Waals surface area contributed by atoms with Crippen LogP contribution in [0.3, 0.4) is 0 Å². The molecule has 2 aromatic rings. The van der Waals surface area contributed by atoms with Crippen molar-refractivity contribution in [3.63, 3.8) is 0 Å². The number of guanidine groups is 1. The van der Waals surface area contributed by atoms with E-state index in [0.29, 0.717) is 10.0 Å². The summed E-state index contributed by atoms with van der Waals surface area (Å²) in [5.41, 5.74) is 2.16. The van der Waals surface area contributed by atoms with Crippen LogP contribution >= 0.6 is 34.5 Å². The van der Waals surface area contributed by atoms with Crippen LogP contribution < -0.4 is 5.32 Å². The highest BCUT2D eigenvalue weighted by molar-refractivity contribution is 7.09. The van der Waals surface area contributed by atoms with Crippen LogP contribution in [-0.4, -0.2) is 36.5 Å². The quantitative estimate of drug-likeness (QED) is 0.638. The first-order chi connectivity index (χ1) is 11.0. The predicted molar refractivity (Wildman–Crippen MR) is 99.8 cm³/mol. The smallest absolute Gasteiger partial charge is 0.193 e. The number of aliphatic imine (C=N–C) groups is 1. The number of nitrogens with one attached hydrogen (secondary N) is 1. The van der Waals surface area contributed by atoms with E-state index in [4.69, 9.17) is 23.2 Å². The Morgan fingerprint density at radius 3 is 2.57 bits per heavy atom. The Morgan fingerprint density at radius 2 is 2.00 bits per heavy atom. The Balaban J connectivity index is 1.87. The Hall–Kier alpha value is -1.30. The van der Waals surface area contributed by atoms with E-state index in [1.165, 1.54) is 0 Å². The Bertz CT molecular complexity index is 664. The van der Waals surface area contributed by atoms with E-state index in [-0.39, 0.29) is 0 Å². The number of nitrogens with zero attached hydrogens (tertiary/aromatic N) is 3. The maximum atomic E-state index is 6.02.